The molecule has 0 bridgehead atoms. The number of carboxylic acid groups (broad SMARTS) is 1. The summed E-state index contributed by atoms with van der Waals surface area (Å²) in [7, 11) is 1.69. The maximum absolute atomic E-state index is 13.6. The van der Waals surface area contributed by atoms with Gasteiger partial charge in [-0.2, -0.15) is 0 Å². The Hall–Kier alpha value is -3.74. The lowest BCUT2D eigenvalue weighted by Gasteiger charge is -2.05. The van der Waals surface area contributed by atoms with E-state index in [1.54, 1.807) is 36.7 Å². The maximum Gasteiger partial charge on any atom is 0.335 e. The number of aromatic carboxylic acids is 1. The first-order valence-corrected chi connectivity index (χ1v) is 8.46. The van der Waals surface area contributed by atoms with Crippen LogP contribution in [0.15, 0.2) is 53.1 Å². The van der Waals surface area contributed by atoms with Gasteiger partial charge in [0.2, 0.25) is 5.78 Å². The minimum absolute atomic E-state index is 0.134. The average molecular weight is 378 g/mol. The van der Waals surface area contributed by atoms with Gasteiger partial charge in [-0.25, -0.2) is 9.18 Å². The van der Waals surface area contributed by atoms with E-state index in [1.165, 1.54) is 30.3 Å². The first kappa shape index (κ1) is 17.7. The predicted molar refractivity (Wildman–Crippen MR) is 99.9 cm³/mol. The smallest absolute Gasteiger partial charge is 0.335 e. The Morgan fingerprint density at radius 3 is 2.64 bits per heavy atom. The van der Waals surface area contributed by atoms with Gasteiger partial charge in [-0.3, -0.25) is 4.79 Å². The molecule has 4 rings (SSSR count). The Kier molecular flexibility index (Phi) is 4.07. The first-order chi connectivity index (χ1) is 13.4. The van der Waals surface area contributed by atoms with E-state index >= 15 is 0 Å². The summed E-state index contributed by atoms with van der Waals surface area (Å²) in [5, 5.41) is 13.9. The van der Waals surface area contributed by atoms with Gasteiger partial charge in [0.25, 0.3) is 0 Å². The van der Waals surface area contributed by atoms with Crippen LogP contribution in [0.25, 0.3) is 22.2 Å². The standard InChI is InChI=1S/C21H15FN2O4/c1-11-18(19(23-28-11)13-4-3-5-15(22)8-13)20(25)17-9-12-6-7-14(21(26)27)10-16(12)24(17)2/h3-10H,1-2H3,(H,26,27). The van der Waals surface area contributed by atoms with Crippen LogP contribution in [-0.2, 0) is 7.05 Å². The topological polar surface area (TPSA) is 85.3 Å². The molecule has 6 nitrogen and oxygen atoms in total. The van der Waals surface area contributed by atoms with Crippen LogP contribution in [-0.4, -0.2) is 26.6 Å². The molecule has 0 spiro atoms. The number of nitrogens with zero attached hydrogens (tertiary/aromatic N) is 2. The van der Waals surface area contributed by atoms with Crippen LogP contribution in [0.5, 0.6) is 0 Å². The van der Waals surface area contributed by atoms with Gasteiger partial charge >= 0.3 is 5.97 Å². The van der Waals surface area contributed by atoms with Crippen LogP contribution in [0.3, 0.4) is 0 Å². The molecule has 140 valence electrons. The highest BCUT2D eigenvalue weighted by atomic mass is 19.1. The molecule has 0 saturated heterocycles. The third-order valence-corrected chi connectivity index (χ3v) is 4.71. The van der Waals surface area contributed by atoms with Gasteiger partial charge in [0.1, 0.15) is 17.3 Å². The summed E-state index contributed by atoms with van der Waals surface area (Å²) < 4.78 is 20.5. The van der Waals surface area contributed by atoms with E-state index in [0.29, 0.717) is 22.5 Å². The summed E-state index contributed by atoms with van der Waals surface area (Å²) in [5.74, 6) is -1.50. The summed E-state index contributed by atoms with van der Waals surface area (Å²) >= 11 is 0. The van der Waals surface area contributed by atoms with Crippen LogP contribution >= 0.6 is 0 Å². The second-order valence-electron chi connectivity index (χ2n) is 6.47. The maximum atomic E-state index is 13.6. The molecule has 0 amide bonds. The number of carbonyl (C=O) groups is 2. The highest BCUT2D eigenvalue weighted by molar-refractivity contribution is 6.14. The van der Waals surface area contributed by atoms with Crippen molar-refractivity contribution < 1.29 is 23.6 Å². The van der Waals surface area contributed by atoms with Gasteiger partial charge in [0.05, 0.1) is 16.8 Å². The fraction of sp³-hybridized carbons (Fsp3) is 0.0952. The number of hydrogen-bond donors (Lipinski definition) is 1. The Labute approximate surface area is 158 Å². The van der Waals surface area contributed by atoms with Crippen molar-refractivity contribution in [2.45, 2.75) is 6.92 Å². The second kappa shape index (κ2) is 6.45. The molecular formula is C21H15FN2O4. The first-order valence-electron chi connectivity index (χ1n) is 8.46. The van der Waals surface area contributed by atoms with Crippen molar-refractivity contribution in [2.24, 2.45) is 7.05 Å². The molecule has 0 aliphatic carbocycles. The average Bonchev–Trinajstić information content (AvgIpc) is 3.21. The molecule has 4 aromatic rings. The molecule has 0 aliphatic heterocycles. The highest BCUT2D eigenvalue weighted by Gasteiger charge is 2.25. The Morgan fingerprint density at radius 2 is 1.93 bits per heavy atom. The van der Waals surface area contributed by atoms with Gasteiger partial charge in [-0.15, -0.1) is 0 Å². The summed E-state index contributed by atoms with van der Waals surface area (Å²) in [5.41, 5.74) is 2.04. The van der Waals surface area contributed by atoms with Gasteiger partial charge in [0.15, 0.2) is 0 Å². The number of aryl methyl sites for hydroxylation is 2. The van der Waals surface area contributed by atoms with E-state index < -0.39 is 11.8 Å². The monoisotopic (exact) mass is 378 g/mol. The lowest BCUT2D eigenvalue weighted by molar-refractivity contribution is 0.0697. The zero-order valence-corrected chi connectivity index (χ0v) is 15.1. The van der Waals surface area contributed by atoms with E-state index in [4.69, 9.17) is 4.52 Å². The SMILES string of the molecule is Cc1onc(-c2cccc(F)c2)c1C(=O)c1cc2ccc(C(=O)O)cc2n1C. The molecule has 0 aliphatic rings. The van der Waals surface area contributed by atoms with E-state index in [9.17, 15) is 19.1 Å². The Bertz CT molecular complexity index is 1250. The number of carboxylic acids is 1. The third-order valence-electron chi connectivity index (χ3n) is 4.71. The van der Waals surface area contributed by atoms with Gasteiger partial charge in [-0.1, -0.05) is 23.4 Å². The van der Waals surface area contributed by atoms with Crippen molar-refractivity contribution in [1.29, 1.82) is 0 Å². The van der Waals surface area contributed by atoms with Crippen LogP contribution in [0.4, 0.5) is 4.39 Å². The van der Waals surface area contributed by atoms with Crippen molar-refractivity contribution in [3.05, 3.63) is 76.9 Å². The number of aromatic nitrogens is 2. The normalized spacial score (nSPS) is 11.1. The number of ketones is 1. The minimum atomic E-state index is -1.04. The van der Waals surface area contributed by atoms with Crippen LogP contribution in [0.2, 0.25) is 0 Å². The minimum Gasteiger partial charge on any atom is -0.478 e. The third kappa shape index (κ3) is 2.77. The quantitative estimate of drug-likeness (QED) is 0.538. The molecule has 0 radical (unpaired) electrons. The van der Waals surface area contributed by atoms with Gasteiger partial charge in [0, 0.05) is 23.5 Å². The summed E-state index contributed by atoms with van der Waals surface area (Å²) in [6, 6.07) is 12.1. The van der Waals surface area contributed by atoms with Crippen molar-refractivity contribution in [2.75, 3.05) is 0 Å². The molecular weight excluding hydrogens is 363 g/mol. The number of halogens is 1. The number of hydrogen-bond acceptors (Lipinski definition) is 4. The fourth-order valence-corrected chi connectivity index (χ4v) is 3.28. The zero-order chi connectivity index (χ0) is 20.0. The molecule has 0 fully saturated rings. The highest BCUT2D eigenvalue weighted by Crippen LogP contribution is 2.30. The van der Waals surface area contributed by atoms with E-state index in [-0.39, 0.29) is 22.6 Å². The van der Waals surface area contributed by atoms with E-state index in [2.05, 4.69) is 5.16 Å². The lowest BCUT2D eigenvalue weighted by Crippen LogP contribution is -2.09. The Morgan fingerprint density at radius 1 is 1.14 bits per heavy atom. The number of rotatable bonds is 4. The van der Waals surface area contributed by atoms with E-state index in [1.807, 2.05) is 0 Å². The number of benzene rings is 2. The molecule has 0 atom stereocenters. The van der Waals surface area contributed by atoms with Crippen molar-refractivity contribution >= 4 is 22.7 Å². The number of fused-ring (bicyclic) bond motifs is 1. The molecule has 2 heterocycles. The summed E-state index contributed by atoms with van der Waals surface area (Å²) in [4.78, 5) is 24.5. The van der Waals surface area contributed by atoms with Crippen LogP contribution in [0.1, 0.15) is 32.2 Å². The molecule has 1 N–H and O–H groups in total. The lowest BCUT2D eigenvalue weighted by atomic mass is 10.0. The second-order valence-corrected chi connectivity index (χ2v) is 6.47. The van der Waals surface area contributed by atoms with Crippen molar-refractivity contribution in [3.8, 4) is 11.3 Å². The molecule has 0 saturated carbocycles. The molecule has 0 unspecified atom stereocenters. The Balaban J connectivity index is 1.86. The molecule has 28 heavy (non-hydrogen) atoms. The molecule has 2 aromatic carbocycles. The van der Waals surface area contributed by atoms with Gasteiger partial charge in [-0.05, 0) is 37.3 Å². The van der Waals surface area contributed by atoms with Gasteiger partial charge < -0.3 is 14.2 Å². The number of carbonyl (C=O) groups excluding carboxylic acids is 1. The fourth-order valence-electron chi connectivity index (χ4n) is 3.28. The summed E-state index contributed by atoms with van der Waals surface area (Å²) in [6.45, 7) is 1.62. The van der Waals surface area contributed by atoms with Crippen molar-refractivity contribution in [3.63, 3.8) is 0 Å². The van der Waals surface area contributed by atoms with E-state index in [0.717, 1.165) is 5.39 Å². The largest absolute Gasteiger partial charge is 0.478 e. The van der Waals surface area contributed by atoms with Crippen molar-refractivity contribution in [1.82, 2.24) is 9.72 Å². The summed E-state index contributed by atoms with van der Waals surface area (Å²) in [6.07, 6.45) is 0. The van der Waals surface area contributed by atoms with Crippen LogP contribution < -0.4 is 0 Å². The molecule has 2 aromatic heterocycles. The predicted octanol–water partition coefficient (Wildman–Crippen LogP) is 4.21. The molecule has 7 heteroatoms. The zero-order valence-electron chi connectivity index (χ0n) is 15.1. The van der Waals surface area contributed by atoms with Crippen LogP contribution in [0, 0.1) is 12.7 Å².